The zero-order valence-corrected chi connectivity index (χ0v) is 18.4. The molecule has 2 aromatic rings. The number of ether oxygens (including phenoxy) is 3. The van der Waals surface area contributed by atoms with Crippen LogP contribution in [-0.2, 0) is 9.59 Å². The van der Waals surface area contributed by atoms with Gasteiger partial charge in [0.25, 0.3) is 0 Å². The number of amides is 2. The maximum atomic E-state index is 12.9. The molecular weight excluding hydrogens is 410 g/mol. The normalized spacial score (nSPS) is 16.7. The van der Waals surface area contributed by atoms with E-state index in [1.54, 1.807) is 12.0 Å². The number of fused-ring (bicyclic) bond motifs is 1. The highest BCUT2D eigenvalue weighted by atomic mass is 16.5. The van der Waals surface area contributed by atoms with Crippen molar-refractivity contribution in [1.82, 2.24) is 9.80 Å². The van der Waals surface area contributed by atoms with Crippen molar-refractivity contribution < 1.29 is 23.8 Å². The first-order chi connectivity index (χ1) is 15.6. The second-order valence-electron chi connectivity index (χ2n) is 7.79. The number of nitrogens with zero attached hydrogens (tertiary/aromatic N) is 3. The van der Waals surface area contributed by atoms with E-state index in [0.717, 1.165) is 31.1 Å². The second-order valence-corrected chi connectivity index (χ2v) is 7.79. The van der Waals surface area contributed by atoms with Gasteiger partial charge in [-0.25, -0.2) is 0 Å². The largest absolute Gasteiger partial charge is 0.497 e. The first kappa shape index (κ1) is 22.0. The summed E-state index contributed by atoms with van der Waals surface area (Å²) in [6.07, 6.45) is 0.268. The maximum Gasteiger partial charge on any atom is 0.242 e. The van der Waals surface area contributed by atoms with E-state index in [0.29, 0.717) is 37.7 Å². The molecule has 0 atom stereocenters. The van der Waals surface area contributed by atoms with Crippen LogP contribution in [0.4, 0.5) is 5.69 Å². The van der Waals surface area contributed by atoms with Crippen LogP contribution in [0.25, 0.3) is 0 Å². The van der Waals surface area contributed by atoms with Crippen LogP contribution in [0.3, 0.4) is 0 Å². The predicted octanol–water partition coefficient (Wildman–Crippen LogP) is 2.03. The quantitative estimate of drug-likeness (QED) is 0.658. The third kappa shape index (κ3) is 5.31. The summed E-state index contributed by atoms with van der Waals surface area (Å²) in [4.78, 5) is 31.2. The van der Waals surface area contributed by atoms with Gasteiger partial charge in [-0.2, -0.15) is 0 Å². The van der Waals surface area contributed by atoms with Crippen molar-refractivity contribution in [1.29, 1.82) is 0 Å². The Labute approximate surface area is 188 Å². The van der Waals surface area contributed by atoms with Gasteiger partial charge in [0, 0.05) is 32.7 Å². The lowest BCUT2D eigenvalue weighted by molar-refractivity contribution is -0.133. The Morgan fingerprint density at radius 1 is 1.00 bits per heavy atom. The maximum absolute atomic E-state index is 12.9. The molecule has 0 bridgehead atoms. The number of hydrogen-bond donors (Lipinski definition) is 0. The molecule has 2 amide bonds. The highest BCUT2D eigenvalue weighted by Gasteiger charge is 2.28. The van der Waals surface area contributed by atoms with E-state index in [1.165, 1.54) is 0 Å². The van der Waals surface area contributed by atoms with Crippen molar-refractivity contribution in [2.24, 2.45) is 0 Å². The number of carbonyl (C=O) groups excluding carboxylic acids is 2. The molecule has 0 spiro atoms. The fraction of sp³-hybridized carbons (Fsp3) is 0.417. The summed E-state index contributed by atoms with van der Waals surface area (Å²) in [6, 6.07) is 14.9. The standard InChI is InChI=1S/C24H29N3O5/c1-30-19-6-8-20(9-7-19)31-17-15-25-11-13-26(14-12-25)24(29)18-27-21-4-2-3-5-22(21)32-16-10-23(27)28/h2-9H,10-18H2,1H3. The number of carbonyl (C=O) groups is 2. The first-order valence-corrected chi connectivity index (χ1v) is 10.9. The number of benzene rings is 2. The van der Waals surface area contributed by atoms with Crippen LogP contribution in [0, 0.1) is 0 Å². The van der Waals surface area contributed by atoms with Crippen LogP contribution >= 0.6 is 0 Å². The molecule has 1 fully saturated rings. The Hall–Kier alpha value is -3.26. The average Bonchev–Trinajstić information content (AvgIpc) is 2.98. The molecule has 2 aromatic carbocycles. The van der Waals surface area contributed by atoms with Crippen LogP contribution in [0.15, 0.2) is 48.5 Å². The van der Waals surface area contributed by atoms with Crippen LogP contribution in [0.2, 0.25) is 0 Å². The molecule has 1 saturated heterocycles. The SMILES string of the molecule is COc1ccc(OCCN2CCN(C(=O)CN3C(=O)CCOc4ccccc43)CC2)cc1. The highest BCUT2D eigenvalue weighted by molar-refractivity contribution is 6.00. The van der Waals surface area contributed by atoms with Crippen LogP contribution in [0.5, 0.6) is 17.2 Å². The van der Waals surface area contributed by atoms with Crippen LogP contribution < -0.4 is 19.1 Å². The van der Waals surface area contributed by atoms with Gasteiger partial charge in [-0.1, -0.05) is 12.1 Å². The zero-order chi connectivity index (χ0) is 22.3. The summed E-state index contributed by atoms with van der Waals surface area (Å²) in [5.41, 5.74) is 0.665. The summed E-state index contributed by atoms with van der Waals surface area (Å²) in [6.45, 7) is 4.60. The van der Waals surface area contributed by atoms with E-state index in [-0.39, 0.29) is 24.8 Å². The molecule has 0 saturated carbocycles. The molecule has 8 heteroatoms. The monoisotopic (exact) mass is 439 g/mol. The Bertz CT molecular complexity index is 925. The van der Waals surface area contributed by atoms with Crippen LogP contribution in [-0.4, -0.2) is 81.2 Å². The van der Waals surface area contributed by atoms with Crippen molar-refractivity contribution in [2.45, 2.75) is 6.42 Å². The molecule has 2 aliphatic rings. The van der Waals surface area contributed by atoms with E-state index in [1.807, 2.05) is 53.4 Å². The fourth-order valence-corrected chi connectivity index (χ4v) is 3.91. The molecule has 170 valence electrons. The third-order valence-corrected chi connectivity index (χ3v) is 5.78. The molecular formula is C24H29N3O5. The van der Waals surface area contributed by atoms with E-state index in [4.69, 9.17) is 14.2 Å². The summed E-state index contributed by atoms with van der Waals surface area (Å²) in [5.74, 6) is 2.14. The Morgan fingerprint density at radius 2 is 1.72 bits per heavy atom. The lowest BCUT2D eigenvalue weighted by Crippen LogP contribution is -2.52. The lowest BCUT2D eigenvalue weighted by Gasteiger charge is -2.35. The summed E-state index contributed by atoms with van der Waals surface area (Å²) < 4.78 is 16.6. The fourth-order valence-electron chi connectivity index (χ4n) is 3.91. The number of para-hydroxylation sites is 2. The van der Waals surface area contributed by atoms with Gasteiger partial charge in [0.15, 0.2) is 0 Å². The van der Waals surface area contributed by atoms with Crippen molar-refractivity contribution in [3.05, 3.63) is 48.5 Å². The second kappa shape index (κ2) is 10.4. The van der Waals surface area contributed by atoms with Gasteiger partial charge in [0.05, 0.1) is 25.8 Å². The summed E-state index contributed by atoms with van der Waals surface area (Å²) in [7, 11) is 1.64. The Kier molecular flexibility index (Phi) is 7.11. The van der Waals surface area contributed by atoms with Crippen molar-refractivity contribution in [2.75, 3.05) is 64.5 Å². The number of piperazine rings is 1. The Balaban J connectivity index is 1.24. The van der Waals surface area contributed by atoms with E-state index >= 15 is 0 Å². The first-order valence-electron chi connectivity index (χ1n) is 10.9. The zero-order valence-electron chi connectivity index (χ0n) is 18.4. The van der Waals surface area contributed by atoms with Crippen molar-refractivity contribution in [3.8, 4) is 17.2 Å². The number of methoxy groups -OCH3 is 1. The smallest absolute Gasteiger partial charge is 0.242 e. The molecule has 32 heavy (non-hydrogen) atoms. The van der Waals surface area contributed by atoms with Crippen molar-refractivity contribution in [3.63, 3.8) is 0 Å². The Morgan fingerprint density at radius 3 is 2.47 bits per heavy atom. The van der Waals surface area contributed by atoms with Crippen molar-refractivity contribution >= 4 is 17.5 Å². The average molecular weight is 440 g/mol. The molecule has 0 aromatic heterocycles. The number of rotatable bonds is 7. The topological polar surface area (TPSA) is 71.6 Å². The molecule has 8 nitrogen and oxygen atoms in total. The van der Waals surface area contributed by atoms with Gasteiger partial charge in [0.1, 0.15) is 30.4 Å². The third-order valence-electron chi connectivity index (χ3n) is 5.78. The van der Waals surface area contributed by atoms with Gasteiger partial charge in [-0.15, -0.1) is 0 Å². The molecule has 0 unspecified atom stereocenters. The van der Waals surface area contributed by atoms with E-state index in [2.05, 4.69) is 4.90 Å². The molecule has 0 N–H and O–H groups in total. The van der Waals surface area contributed by atoms with E-state index < -0.39 is 0 Å². The minimum absolute atomic E-state index is 0.0378. The van der Waals surface area contributed by atoms with Gasteiger partial charge in [-0.3, -0.25) is 19.4 Å². The van der Waals surface area contributed by atoms with E-state index in [9.17, 15) is 9.59 Å². The minimum Gasteiger partial charge on any atom is -0.497 e. The molecule has 0 aliphatic carbocycles. The number of hydrogen-bond acceptors (Lipinski definition) is 6. The minimum atomic E-state index is -0.0855. The molecule has 2 aliphatic heterocycles. The molecule has 0 radical (unpaired) electrons. The predicted molar refractivity (Wildman–Crippen MR) is 120 cm³/mol. The van der Waals surface area contributed by atoms with Gasteiger partial charge in [0.2, 0.25) is 11.8 Å². The molecule has 4 rings (SSSR count). The summed E-state index contributed by atoms with van der Waals surface area (Å²) >= 11 is 0. The van der Waals surface area contributed by atoms with Gasteiger partial charge >= 0.3 is 0 Å². The van der Waals surface area contributed by atoms with Gasteiger partial charge in [-0.05, 0) is 36.4 Å². The summed E-state index contributed by atoms with van der Waals surface area (Å²) in [5, 5.41) is 0. The number of anilines is 1. The highest BCUT2D eigenvalue weighted by Crippen LogP contribution is 2.31. The van der Waals surface area contributed by atoms with Crippen LogP contribution in [0.1, 0.15) is 6.42 Å². The van der Waals surface area contributed by atoms with Gasteiger partial charge < -0.3 is 19.1 Å². The molecule has 2 heterocycles. The lowest BCUT2D eigenvalue weighted by atomic mass is 10.2.